The molecule has 0 spiro atoms. The molecule has 39 heavy (non-hydrogen) atoms. The van der Waals surface area contributed by atoms with Gasteiger partial charge in [0.15, 0.2) is 28.1 Å². The van der Waals surface area contributed by atoms with Gasteiger partial charge in [-0.1, -0.05) is 43.4 Å². The second-order valence-corrected chi connectivity index (χ2v) is 11.2. The van der Waals surface area contributed by atoms with E-state index in [0.717, 1.165) is 5.56 Å². The Balaban J connectivity index is 1.27. The van der Waals surface area contributed by atoms with Gasteiger partial charge < -0.3 is 34.7 Å². The Labute approximate surface area is 227 Å². The number of thiazole rings is 1. The van der Waals surface area contributed by atoms with E-state index in [1.165, 1.54) is 17.4 Å². The van der Waals surface area contributed by atoms with Crippen LogP contribution in [0.2, 0.25) is 0 Å². The molecule has 3 aromatic rings. The van der Waals surface area contributed by atoms with Crippen LogP contribution in [0, 0.1) is 5.92 Å². The molecule has 1 aliphatic carbocycles. The highest BCUT2D eigenvalue weighted by Gasteiger charge is 2.52. The summed E-state index contributed by atoms with van der Waals surface area (Å²) in [6.07, 6.45) is -0.817. The van der Waals surface area contributed by atoms with Crippen molar-refractivity contribution in [3.63, 3.8) is 0 Å². The number of nitrogens with zero attached hydrogens (tertiary/aromatic N) is 1. The first-order chi connectivity index (χ1) is 18.7. The van der Waals surface area contributed by atoms with E-state index in [9.17, 15) is 18.7 Å². The fraction of sp³-hybridized carbons (Fsp3) is 0.407. The second kappa shape index (κ2) is 9.61. The summed E-state index contributed by atoms with van der Waals surface area (Å²) in [6, 6.07) is 9.18. The number of aliphatic hydroxyl groups is 1. The van der Waals surface area contributed by atoms with Crippen LogP contribution in [0.15, 0.2) is 42.6 Å². The summed E-state index contributed by atoms with van der Waals surface area (Å²) in [5.41, 5.74) is 0.576. The molecule has 206 valence electrons. The van der Waals surface area contributed by atoms with Crippen LogP contribution in [-0.4, -0.2) is 41.7 Å². The number of benzene rings is 2. The van der Waals surface area contributed by atoms with E-state index in [0.29, 0.717) is 39.9 Å². The summed E-state index contributed by atoms with van der Waals surface area (Å²) in [4.78, 5) is 18.5. The maximum Gasteiger partial charge on any atom is 0.586 e. The van der Waals surface area contributed by atoms with Crippen LogP contribution in [0.1, 0.15) is 48.7 Å². The fourth-order valence-corrected chi connectivity index (χ4v) is 5.76. The first kappa shape index (κ1) is 25.8. The zero-order valence-corrected chi connectivity index (χ0v) is 22.0. The van der Waals surface area contributed by atoms with Crippen LogP contribution in [0.4, 0.5) is 13.9 Å². The number of nitrogens with one attached hydrogen (secondary N) is 2. The van der Waals surface area contributed by atoms with E-state index in [1.807, 2.05) is 32.0 Å². The van der Waals surface area contributed by atoms with E-state index in [1.54, 1.807) is 18.3 Å². The van der Waals surface area contributed by atoms with Crippen molar-refractivity contribution in [3.8, 4) is 23.0 Å². The van der Waals surface area contributed by atoms with Gasteiger partial charge in [0.05, 0.1) is 18.1 Å². The van der Waals surface area contributed by atoms with E-state index in [-0.39, 0.29) is 42.8 Å². The summed E-state index contributed by atoms with van der Waals surface area (Å²) >= 11 is 1.22. The molecule has 3 aliphatic rings. The normalized spacial score (nSPS) is 19.1. The Kier molecular flexibility index (Phi) is 6.35. The number of para-hydroxylation sites is 1. The molecule has 1 unspecified atom stereocenters. The molecule has 3 heterocycles. The highest BCUT2D eigenvalue weighted by molar-refractivity contribution is 7.15. The monoisotopic (exact) mass is 559 g/mol. The lowest BCUT2D eigenvalue weighted by atomic mass is 9.94. The topological polar surface area (TPSA) is 111 Å². The van der Waals surface area contributed by atoms with Crippen LogP contribution in [0.25, 0.3) is 0 Å². The van der Waals surface area contributed by atoms with Gasteiger partial charge in [0.25, 0.3) is 0 Å². The van der Waals surface area contributed by atoms with Crippen LogP contribution >= 0.6 is 11.3 Å². The molecule has 0 bridgehead atoms. The number of rotatable bonds is 9. The van der Waals surface area contributed by atoms with E-state index >= 15 is 0 Å². The number of aliphatic hydroxyl groups excluding tert-OH is 1. The van der Waals surface area contributed by atoms with Crippen molar-refractivity contribution >= 4 is 22.4 Å². The molecule has 1 aromatic heterocycles. The van der Waals surface area contributed by atoms with Gasteiger partial charge >= 0.3 is 6.29 Å². The van der Waals surface area contributed by atoms with Crippen LogP contribution in [-0.2, 0) is 10.2 Å². The molecule has 2 atom stereocenters. The zero-order valence-electron chi connectivity index (χ0n) is 21.2. The van der Waals surface area contributed by atoms with Gasteiger partial charge in [0.1, 0.15) is 0 Å². The predicted molar refractivity (Wildman–Crippen MR) is 138 cm³/mol. The Morgan fingerprint density at radius 3 is 2.67 bits per heavy atom. The van der Waals surface area contributed by atoms with Gasteiger partial charge in [-0.2, -0.15) is 0 Å². The lowest BCUT2D eigenvalue weighted by molar-refractivity contribution is -0.287. The standard InChI is InChI=1S/C27H27F2N3O6S/c1-14(2)17(12-33)31-22(16-4-3-5-19-23(16)38-27(28,29)37-19)21-11-30-25(39-21)32-24(34)26(8-9-26)15-6-7-18-20(10-15)36-13-35-18/h3-7,10-11,14,17,22,31,33H,8-9,12-13H2,1-2H3,(H,30,32,34)/t17-,22?/m0/s1. The largest absolute Gasteiger partial charge is 0.586 e. The third-order valence-electron chi connectivity index (χ3n) is 7.29. The Bertz CT molecular complexity index is 1410. The molecular weight excluding hydrogens is 532 g/mol. The van der Waals surface area contributed by atoms with Crippen molar-refractivity contribution < 1.29 is 37.6 Å². The maximum atomic E-state index is 13.9. The minimum Gasteiger partial charge on any atom is -0.454 e. The second-order valence-electron chi connectivity index (χ2n) is 10.1. The lowest BCUT2D eigenvalue weighted by Gasteiger charge is -2.27. The number of hydrogen-bond donors (Lipinski definition) is 3. The molecule has 1 fully saturated rings. The Morgan fingerprint density at radius 2 is 1.92 bits per heavy atom. The first-order valence-electron chi connectivity index (χ1n) is 12.6. The maximum absolute atomic E-state index is 13.9. The SMILES string of the molecule is CC(C)[C@H](CO)NC(c1cnc(NC(=O)C2(c3ccc4c(c3)OCO4)CC2)s1)c1cccc2c1OC(F)(F)O2. The van der Waals surface area contributed by atoms with Gasteiger partial charge in [-0.15, -0.1) is 8.78 Å². The van der Waals surface area contributed by atoms with Crippen LogP contribution < -0.4 is 29.6 Å². The molecule has 0 radical (unpaired) electrons. The third kappa shape index (κ3) is 4.77. The van der Waals surface area contributed by atoms with Gasteiger partial charge in [0.2, 0.25) is 12.7 Å². The van der Waals surface area contributed by atoms with Crippen molar-refractivity contribution in [2.24, 2.45) is 5.92 Å². The van der Waals surface area contributed by atoms with Gasteiger partial charge in [-0.3, -0.25) is 4.79 Å². The average Bonchev–Trinajstić information content (AvgIpc) is 3.19. The van der Waals surface area contributed by atoms with Crippen molar-refractivity contribution in [2.45, 2.75) is 50.5 Å². The molecular formula is C27H27F2N3O6S. The van der Waals surface area contributed by atoms with Gasteiger partial charge in [0, 0.05) is 22.7 Å². The number of amides is 1. The average molecular weight is 560 g/mol. The molecule has 2 aromatic carbocycles. The highest BCUT2D eigenvalue weighted by Crippen LogP contribution is 2.51. The number of alkyl halides is 2. The quantitative estimate of drug-likeness (QED) is 0.350. The number of halogens is 2. The number of anilines is 1. The Morgan fingerprint density at radius 1 is 1.13 bits per heavy atom. The van der Waals surface area contributed by atoms with Gasteiger partial charge in [-0.25, -0.2) is 4.98 Å². The molecule has 1 saturated carbocycles. The van der Waals surface area contributed by atoms with Crippen LogP contribution in [0.5, 0.6) is 23.0 Å². The highest BCUT2D eigenvalue weighted by atomic mass is 32.1. The first-order valence-corrected chi connectivity index (χ1v) is 13.4. The molecule has 12 heteroatoms. The third-order valence-corrected chi connectivity index (χ3v) is 8.27. The number of fused-ring (bicyclic) bond motifs is 2. The number of hydrogen-bond acceptors (Lipinski definition) is 9. The summed E-state index contributed by atoms with van der Waals surface area (Å²) < 4.78 is 48.2. The number of ether oxygens (including phenoxy) is 4. The van der Waals surface area contributed by atoms with Crippen LogP contribution in [0.3, 0.4) is 0 Å². The lowest BCUT2D eigenvalue weighted by Crippen LogP contribution is -2.40. The van der Waals surface area contributed by atoms with Crippen molar-refractivity contribution in [1.29, 1.82) is 0 Å². The Hall–Kier alpha value is -3.48. The fourth-order valence-electron chi connectivity index (χ4n) is 4.87. The summed E-state index contributed by atoms with van der Waals surface area (Å²) in [7, 11) is 0. The van der Waals surface area contributed by atoms with E-state index in [4.69, 9.17) is 14.2 Å². The summed E-state index contributed by atoms with van der Waals surface area (Å²) in [5.74, 6) is 0.967. The number of carbonyl (C=O) groups excluding carboxylic acids is 1. The molecule has 3 N–H and O–H groups in total. The van der Waals surface area contributed by atoms with Gasteiger partial charge in [-0.05, 0) is 42.5 Å². The van der Waals surface area contributed by atoms with Crippen molar-refractivity contribution in [3.05, 3.63) is 58.6 Å². The zero-order chi connectivity index (χ0) is 27.4. The molecule has 2 aliphatic heterocycles. The predicted octanol–water partition coefficient (Wildman–Crippen LogP) is 4.56. The molecule has 1 amide bonds. The van der Waals surface area contributed by atoms with Crippen molar-refractivity contribution in [2.75, 3.05) is 18.7 Å². The molecule has 9 nitrogen and oxygen atoms in total. The van der Waals surface area contributed by atoms with E-state index < -0.39 is 17.8 Å². The number of aromatic nitrogens is 1. The number of carbonyl (C=O) groups is 1. The van der Waals surface area contributed by atoms with Crippen molar-refractivity contribution in [1.82, 2.24) is 10.3 Å². The smallest absolute Gasteiger partial charge is 0.454 e. The van der Waals surface area contributed by atoms with E-state index in [2.05, 4.69) is 20.4 Å². The summed E-state index contributed by atoms with van der Waals surface area (Å²) in [6.45, 7) is 3.87. The minimum atomic E-state index is -3.78. The molecule has 0 saturated heterocycles. The minimum absolute atomic E-state index is 0.0383. The molecule has 6 rings (SSSR count). The summed E-state index contributed by atoms with van der Waals surface area (Å²) in [5, 5.41) is 16.6.